The Hall–Kier alpha value is -2.98. The van der Waals surface area contributed by atoms with Gasteiger partial charge in [-0.3, -0.25) is 14.7 Å². The topological polar surface area (TPSA) is 53.4 Å². The minimum absolute atomic E-state index is 0.153. The van der Waals surface area contributed by atoms with E-state index in [0.29, 0.717) is 6.42 Å². The summed E-state index contributed by atoms with van der Waals surface area (Å²) in [5, 5.41) is 9.66. The van der Waals surface area contributed by atoms with Crippen LogP contribution in [0.25, 0.3) is 11.1 Å². The number of carboxylic acids is 1. The van der Waals surface area contributed by atoms with Gasteiger partial charge in [-0.05, 0) is 41.7 Å². The lowest BCUT2D eigenvalue weighted by Gasteiger charge is -2.31. The summed E-state index contributed by atoms with van der Waals surface area (Å²) >= 11 is 0. The van der Waals surface area contributed by atoms with Gasteiger partial charge in [-0.25, -0.2) is 0 Å². The van der Waals surface area contributed by atoms with Gasteiger partial charge in [-0.1, -0.05) is 60.7 Å². The number of benzene rings is 2. The Labute approximate surface area is 159 Å². The van der Waals surface area contributed by atoms with Gasteiger partial charge in [0.2, 0.25) is 0 Å². The van der Waals surface area contributed by atoms with Crippen molar-refractivity contribution in [1.29, 1.82) is 0 Å². The molecular formula is C23H22N2O2. The third-order valence-corrected chi connectivity index (χ3v) is 5.21. The van der Waals surface area contributed by atoms with E-state index in [-0.39, 0.29) is 6.04 Å². The van der Waals surface area contributed by atoms with Gasteiger partial charge in [0, 0.05) is 12.7 Å². The Kier molecular flexibility index (Phi) is 4.99. The zero-order chi connectivity index (χ0) is 18.6. The fourth-order valence-electron chi connectivity index (χ4n) is 3.92. The summed E-state index contributed by atoms with van der Waals surface area (Å²) in [5.41, 5.74) is 4.28. The molecule has 1 aromatic heterocycles. The fourth-order valence-corrected chi connectivity index (χ4v) is 3.92. The van der Waals surface area contributed by atoms with Gasteiger partial charge in [-0.2, -0.15) is 0 Å². The van der Waals surface area contributed by atoms with Gasteiger partial charge in [0.25, 0.3) is 0 Å². The first-order chi connectivity index (χ1) is 13.2. The molecule has 1 fully saturated rings. The molecule has 3 aromatic rings. The molecule has 1 N–H and O–H groups in total. The summed E-state index contributed by atoms with van der Waals surface area (Å²) in [6, 6.07) is 23.8. The van der Waals surface area contributed by atoms with Crippen LogP contribution in [0.4, 0.5) is 0 Å². The summed E-state index contributed by atoms with van der Waals surface area (Å²) in [6.07, 6.45) is 3.34. The van der Waals surface area contributed by atoms with Gasteiger partial charge in [-0.15, -0.1) is 0 Å². The second-order valence-electron chi connectivity index (χ2n) is 6.88. The molecule has 4 heteroatoms. The zero-order valence-electron chi connectivity index (χ0n) is 15.0. The Balaban J connectivity index is 1.72. The maximum absolute atomic E-state index is 11.8. The molecule has 1 aliphatic heterocycles. The lowest BCUT2D eigenvalue weighted by atomic mass is 9.97. The molecule has 0 spiro atoms. The van der Waals surface area contributed by atoms with Crippen LogP contribution in [-0.4, -0.2) is 33.5 Å². The van der Waals surface area contributed by atoms with Crippen LogP contribution in [0.5, 0.6) is 0 Å². The maximum atomic E-state index is 11.8. The van der Waals surface area contributed by atoms with Crippen molar-refractivity contribution < 1.29 is 9.90 Å². The fraction of sp³-hybridized carbons (Fsp3) is 0.217. The smallest absolute Gasteiger partial charge is 0.320 e. The van der Waals surface area contributed by atoms with Gasteiger partial charge in [0.1, 0.15) is 6.04 Å². The number of carbonyl (C=O) groups is 1. The van der Waals surface area contributed by atoms with Crippen LogP contribution >= 0.6 is 0 Å². The monoisotopic (exact) mass is 358 g/mol. The number of likely N-dealkylation sites (tertiary alicyclic amines) is 1. The Bertz CT molecular complexity index is 895. The van der Waals surface area contributed by atoms with Crippen molar-refractivity contribution in [3.05, 3.63) is 90.3 Å². The molecule has 2 heterocycles. The molecule has 4 rings (SSSR count). The summed E-state index contributed by atoms with van der Waals surface area (Å²) < 4.78 is 0. The lowest BCUT2D eigenvalue weighted by Crippen LogP contribution is -2.39. The molecule has 136 valence electrons. The molecule has 0 radical (unpaired) electrons. The van der Waals surface area contributed by atoms with Gasteiger partial charge >= 0.3 is 5.97 Å². The predicted octanol–water partition coefficient (Wildman–Crippen LogP) is 4.39. The number of pyridine rings is 1. The molecule has 1 saturated heterocycles. The largest absolute Gasteiger partial charge is 0.480 e. The maximum Gasteiger partial charge on any atom is 0.320 e. The first kappa shape index (κ1) is 17.4. The number of nitrogens with zero attached hydrogens (tertiary/aromatic N) is 2. The molecule has 4 nitrogen and oxygen atoms in total. The van der Waals surface area contributed by atoms with Crippen LogP contribution in [0.15, 0.2) is 79.0 Å². The average Bonchev–Trinajstić information content (AvgIpc) is 3.20. The minimum atomic E-state index is -0.755. The molecule has 2 atom stereocenters. The van der Waals surface area contributed by atoms with Crippen LogP contribution in [0.3, 0.4) is 0 Å². The van der Waals surface area contributed by atoms with Gasteiger partial charge in [0.15, 0.2) is 0 Å². The predicted molar refractivity (Wildman–Crippen MR) is 105 cm³/mol. The van der Waals surface area contributed by atoms with E-state index in [9.17, 15) is 9.90 Å². The van der Waals surface area contributed by atoms with Crippen molar-refractivity contribution in [3.8, 4) is 11.1 Å². The zero-order valence-corrected chi connectivity index (χ0v) is 15.0. The van der Waals surface area contributed by atoms with E-state index in [1.165, 1.54) is 5.56 Å². The highest BCUT2D eigenvalue weighted by molar-refractivity contribution is 5.74. The first-order valence-electron chi connectivity index (χ1n) is 9.29. The van der Waals surface area contributed by atoms with E-state index in [0.717, 1.165) is 29.8 Å². The molecule has 0 amide bonds. The molecule has 2 aromatic carbocycles. The number of aliphatic carboxylic acids is 1. The number of hydrogen-bond acceptors (Lipinski definition) is 3. The molecule has 2 unspecified atom stereocenters. The minimum Gasteiger partial charge on any atom is -0.480 e. The summed E-state index contributed by atoms with van der Waals surface area (Å²) in [6.45, 7) is 0.763. The van der Waals surface area contributed by atoms with E-state index in [1.54, 1.807) is 6.20 Å². The van der Waals surface area contributed by atoms with Crippen molar-refractivity contribution in [2.24, 2.45) is 0 Å². The number of hydrogen-bond donors (Lipinski definition) is 1. The standard InChI is InChI=1S/C23H22N2O2/c26-23(27)21-10-6-16-25(21)22(20-9-4-5-15-24-20)19-13-11-18(12-14-19)17-7-2-1-3-8-17/h1-5,7-9,11-15,21-22H,6,10,16H2,(H,26,27). The van der Waals surface area contributed by atoms with Crippen molar-refractivity contribution in [2.75, 3.05) is 6.54 Å². The van der Waals surface area contributed by atoms with Crippen molar-refractivity contribution in [2.45, 2.75) is 24.9 Å². The van der Waals surface area contributed by atoms with Crippen molar-refractivity contribution in [1.82, 2.24) is 9.88 Å². The SMILES string of the molecule is O=C(O)C1CCCN1C(c1ccc(-c2ccccc2)cc1)c1ccccn1. The molecule has 0 saturated carbocycles. The second-order valence-corrected chi connectivity index (χ2v) is 6.88. The normalized spacial score (nSPS) is 18.3. The van der Waals surface area contributed by atoms with Crippen molar-refractivity contribution in [3.63, 3.8) is 0 Å². The number of rotatable bonds is 5. The van der Waals surface area contributed by atoms with Gasteiger partial charge in [0.05, 0.1) is 11.7 Å². The summed E-state index contributed by atoms with van der Waals surface area (Å²) in [5.74, 6) is -0.755. The van der Waals surface area contributed by atoms with Crippen LogP contribution in [0.1, 0.15) is 30.1 Å². The highest BCUT2D eigenvalue weighted by atomic mass is 16.4. The van der Waals surface area contributed by atoms with E-state index in [2.05, 4.69) is 46.3 Å². The van der Waals surface area contributed by atoms with Gasteiger partial charge < -0.3 is 5.11 Å². The van der Waals surface area contributed by atoms with Crippen LogP contribution < -0.4 is 0 Å². The third-order valence-electron chi connectivity index (χ3n) is 5.21. The Morgan fingerprint density at radius 1 is 0.963 bits per heavy atom. The van der Waals surface area contributed by atoms with Crippen LogP contribution in [0.2, 0.25) is 0 Å². The lowest BCUT2D eigenvalue weighted by molar-refractivity contribution is -0.142. The average molecular weight is 358 g/mol. The van der Waals surface area contributed by atoms with E-state index in [4.69, 9.17) is 0 Å². The highest BCUT2D eigenvalue weighted by Crippen LogP contribution is 2.34. The quantitative estimate of drug-likeness (QED) is 0.735. The van der Waals surface area contributed by atoms with Crippen LogP contribution in [-0.2, 0) is 4.79 Å². The number of aromatic nitrogens is 1. The second kappa shape index (κ2) is 7.72. The molecule has 1 aliphatic rings. The van der Waals surface area contributed by atoms with E-state index >= 15 is 0 Å². The summed E-state index contributed by atoms with van der Waals surface area (Å²) in [7, 11) is 0. The van der Waals surface area contributed by atoms with Crippen molar-refractivity contribution >= 4 is 5.97 Å². The van der Waals surface area contributed by atoms with Crippen LogP contribution in [0, 0.1) is 0 Å². The summed E-state index contributed by atoms with van der Waals surface area (Å²) in [4.78, 5) is 18.4. The molecule has 0 bridgehead atoms. The third kappa shape index (κ3) is 3.62. The first-order valence-corrected chi connectivity index (χ1v) is 9.29. The molecule has 27 heavy (non-hydrogen) atoms. The van der Waals surface area contributed by atoms with E-state index in [1.807, 2.05) is 36.4 Å². The molecule has 0 aliphatic carbocycles. The highest BCUT2D eigenvalue weighted by Gasteiger charge is 2.37. The Morgan fingerprint density at radius 2 is 1.67 bits per heavy atom. The Morgan fingerprint density at radius 3 is 2.33 bits per heavy atom. The number of carboxylic acid groups (broad SMARTS) is 1. The van der Waals surface area contributed by atoms with E-state index < -0.39 is 12.0 Å². The molecular weight excluding hydrogens is 336 g/mol.